The van der Waals surface area contributed by atoms with Gasteiger partial charge in [-0.25, -0.2) is 4.39 Å². The number of hydrogen-bond donors (Lipinski definition) is 2. The molecule has 0 aliphatic heterocycles. The lowest BCUT2D eigenvalue weighted by Crippen LogP contribution is -2.30. The molecule has 25 heavy (non-hydrogen) atoms. The van der Waals surface area contributed by atoms with E-state index < -0.39 is 23.7 Å². The molecule has 0 aliphatic carbocycles. The molecule has 0 aromatic heterocycles. The summed E-state index contributed by atoms with van der Waals surface area (Å²) in [5, 5.41) is 13.9. The summed E-state index contributed by atoms with van der Waals surface area (Å²) in [5.74, 6) is -1.90. The van der Waals surface area contributed by atoms with E-state index in [1.54, 1.807) is 6.07 Å². The van der Waals surface area contributed by atoms with E-state index in [1.807, 2.05) is 36.4 Å². The fourth-order valence-electron chi connectivity index (χ4n) is 2.69. The van der Waals surface area contributed by atoms with Gasteiger partial charge in [-0.2, -0.15) is 0 Å². The zero-order chi connectivity index (χ0) is 17.8. The van der Waals surface area contributed by atoms with Crippen LogP contribution in [0.3, 0.4) is 0 Å². The number of carbonyl (C=O) groups is 2. The summed E-state index contributed by atoms with van der Waals surface area (Å²) in [4.78, 5) is 23.6. The maximum absolute atomic E-state index is 13.0. The van der Waals surface area contributed by atoms with E-state index in [0.717, 1.165) is 10.8 Å². The zero-order valence-corrected chi connectivity index (χ0v) is 13.3. The number of amides is 1. The van der Waals surface area contributed by atoms with Gasteiger partial charge < -0.3 is 10.4 Å². The predicted molar refractivity (Wildman–Crippen MR) is 92.8 cm³/mol. The normalized spacial score (nSPS) is 11.9. The highest BCUT2D eigenvalue weighted by atomic mass is 19.1. The predicted octanol–water partition coefficient (Wildman–Crippen LogP) is 3.92. The molecule has 2 N–H and O–H groups in total. The number of hydrogen-bond acceptors (Lipinski definition) is 2. The Balaban J connectivity index is 1.89. The number of nitrogens with one attached hydrogen (secondary N) is 1. The van der Waals surface area contributed by atoms with Crippen LogP contribution in [0.2, 0.25) is 0 Å². The van der Waals surface area contributed by atoms with Crippen molar-refractivity contribution in [3.05, 3.63) is 83.7 Å². The largest absolute Gasteiger partial charge is 0.481 e. The quantitative estimate of drug-likeness (QED) is 0.741. The molecule has 0 heterocycles. The molecule has 1 amide bonds. The number of rotatable bonds is 5. The molecule has 3 rings (SSSR count). The van der Waals surface area contributed by atoms with E-state index >= 15 is 0 Å². The van der Waals surface area contributed by atoms with E-state index in [0.29, 0.717) is 5.56 Å². The van der Waals surface area contributed by atoms with Crippen LogP contribution in [-0.2, 0) is 4.79 Å². The van der Waals surface area contributed by atoms with Crippen LogP contribution in [-0.4, -0.2) is 17.0 Å². The van der Waals surface area contributed by atoms with Gasteiger partial charge in [0.15, 0.2) is 0 Å². The standard InChI is InChI=1S/C20H16FNO3/c21-17-9-7-14(8-10-17)20(25)22-18(12-19(23)24)16-6-5-13-3-1-2-4-15(13)11-16/h1-11,18H,12H2,(H,22,25)(H,23,24). The lowest BCUT2D eigenvalue weighted by molar-refractivity contribution is -0.137. The summed E-state index contributed by atoms with van der Waals surface area (Å²) in [6.07, 6.45) is -0.245. The van der Waals surface area contributed by atoms with Crippen molar-refractivity contribution in [2.45, 2.75) is 12.5 Å². The average molecular weight is 337 g/mol. The van der Waals surface area contributed by atoms with Crippen LogP contribution in [0.4, 0.5) is 4.39 Å². The van der Waals surface area contributed by atoms with Gasteiger partial charge in [0, 0.05) is 5.56 Å². The minimum absolute atomic E-state index is 0.245. The van der Waals surface area contributed by atoms with Crippen LogP contribution < -0.4 is 5.32 Å². The average Bonchev–Trinajstić information content (AvgIpc) is 2.61. The Hall–Kier alpha value is -3.21. The Bertz CT molecular complexity index is 922. The van der Waals surface area contributed by atoms with Crippen LogP contribution in [0.25, 0.3) is 10.8 Å². The highest BCUT2D eigenvalue weighted by molar-refractivity contribution is 5.94. The molecule has 5 heteroatoms. The summed E-state index contributed by atoms with van der Waals surface area (Å²) in [6.45, 7) is 0. The van der Waals surface area contributed by atoms with Crippen LogP contribution in [0, 0.1) is 5.82 Å². The van der Waals surface area contributed by atoms with Crippen molar-refractivity contribution >= 4 is 22.6 Å². The summed E-state index contributed by atoms with van der Waals surface area (Å²) in [5.41, 5.74) is 0.981. The van der Waals surface area contributed by atoms with E-state index in [1.165, 1.54) is 24.3 Å². The van der Waals surface area contributed by atoms with Gasteiger partial charge in [-0.1, -0.05) is 36.4 Å². The Morgan fingerprint density at radius 2 is 1.64 bits per heavy atom. The molecule has 3 aromatic carbocycles. The van der Waals surface area contributed by atoms with Crippen molar-refractivity contribution in [2.24, 2.45) is 0 Å². The molecular formula is C20H16FNO3. The van der Waals surface area contributed by atoms with Crippen molar-refractivity contribution in [2.75, 3.05) is 0 Å². The van der Waals surface area contributed by atoms with Gasteiger partial charge in [0.1, 0.15) is 5.82 Å². The smallest absolute Gasteiger partial charge is 0.305 e. The fourth-order valence-corrected chi connectivity index (χ4v) is 2.69. The van der Waals surface area contributed by atoms with Gasteiger partial charge in [0.2, 0.25) is 0 Å². The topological polar surface area (TPSA) is 66.4 Å². The molecule has 126 valence electrons. The van der Waals surface area contributed by atoms with E-state index in [4.69, 9.17) is 0 Å². The molecule has 0 spiro atoms. The van der Waals surface area contributed by atoms with Crippen molar-refractivity contribution in [1.29, 1.82) is 0 Å². The highest BCUT2D eigenvalue weighted by Crippen LogP contribution is 2.23. The number of benzene rings is 3. The Morgan fingerprint density at radius 3 is 2.32 bits per heavy atom. The monoisotopic (exact) mass is 337 g/mol. The molecule has 3 aromatic rings. The molecule has 0 aliphatic rings. The van der Waals surface area contributed by atoms with Crippen molar-refractivity contribution in [1.82, 2.24) is 5.32 Å². The number of carbonyl (C=O) groups excluding carboxylic acids is 1. The van der Waals surface area contributed by atoms with Crippen LogP contribution in [0.15, 0.2) is 66.7 Å². The van der Waals surface area contributed by atoms with Gasteiger partial charge in [-0.15, -0.1) is 0 Å². The number of fused-ring (bicyclic) bond motifs is 1. The summed E-state index contributed by atoms with van der Waals surface area (Å²) >= 11 is 0. The molecule has 1 unspecified atom stereocenters. The summed E-state index contributed by atoms with van der Waals surface area (Å²) in [7, 11) is 0. The molecule has 0 bridgehead atoms. The zero-order valence-electron chi connectivity index (χ0n) is 13.3. The van der Waals surface area contributed by atoms with Crippen molar-refractivity contribution < 1.29 is 19.1 Å². The molecular weight excluding hydrogens is 321 g/mol. The second-order valence-corrected chi connectivity index (χ2v) is 5.74. The van der Waals surface area contributed by atoms with Crippen LogP contribution in [0.1, 0.15) is 28.4 Å². The minimum atomic E-state index is -1.02. The third kappa shape index (κ3) is 4.01. The molecule has 1 atom stereocenters. The van der Waals surface area contributed by atoms with E-state index in [-0.39, 0.29) is 12.0 Å². The van der Waals surface area contributed by atoms with Crippen molar-refractivity contribution in [3.63, 3.8) is 0 Å². The Labute approximate surface area is 143 Å². The van der Waals surface area contributed by atoms with Gasteiger partial charge in [-0.3, -0.25) is 9.59 Å². The third-order valence-electron chi connectivity index (χ3n) is 3.97. The minimum Gasteiger partial charge on any atom is -0.481 e. The molecule has 0 saturated heterocycles. The number of aliphatic carboxylic acids is 1. The first kappa shape index (κ1) is 16.6. The maximum atomic E-state index is 13.0. The maximum Gasteiger partial charge on any atom is 0.305 e. The first-order chi connectivity index (χ1) is 12.0. The van der Waals surface area contributed by atoms with Crippen molar-refractivity contribution in [3.8, 4) is 0 Å². The second kappa shape index (κ2) is 7.13. The molecule has 0 fully saturated rings. The fraction of sp³-hybridized carbons (Fsp3) is 0.100. The lowest BCUT2D eigenvalue weighted by atomic mass is 9.99. The number of carboxylic acid groups (broad SMARTS) is 1. The Morgan fingerprint density at radius 1 is 0.960 bits per heavy atom. The summed E-state index contributed by atoms with van der Waals surface area (Å²) < 4.78 is 13.0. The van der Waals surface area contributed by atoms with Gasteiger partial charge in [-0.05, 0) is 46.7 Å². The summed E-state index contributed by atoms with van der Waals surface area (Å²) in [6, 6.07) is 17.7. The van der Waals surface area contributed by atoms with Gasteiger partial charge in [0.05, 0.1) is 12.5 Å². The van der Waals surface area contributed by atoms with Gasteiger partial charge in [0.25, 0.3) is 5.91 Å². The van der Waals surface area contributed by atoms with Gasteiger partial charge >= 0.3 is 5.97 Å². The Kier molecular flexibility index (Phi) is 4.75. The lowest BCUT2D eigenvalue weighted by Gasteiger charge is -2.18. The van der Waals surface area contributed by atoms with E-state index in [2.05, 4.69) is 5.32 Å². The highest BCUT2D eigenvalue weighted by Gasteiger charge is 2.19. The first-order valence-corrected chi connectivity index (χ1v) is 7.80. The second-order valence-electron chi connectivity index (χ2n) is 5.74. The molecule has 4 nitrogen and oxygen atoms in total. The first-order valence-electron chi connectivity index (χ1n) is 7.80. The number of halogens is 1. The molecule has 0 radical (unpaired) electrons. The molecule has 0 saturated carbocycles. The third-order valence-corrected chi connectivity index (χ3v) is 3.97. The number of carboxylic acids is 1. The SMILES string of the molecule is O=C(O)CC(NC(=O)c1ccc(F)cc1)c1ccc2ccccc2c1. The van der Waals surface area contributed by atoms with E-state index in [9.17, 15) is 19.1 Å². The van der Waals surface area contributed by atoms with Crippen LogP contribution in [0.5, 0.6) is 0 Å². The van der Waals surface area contributed by atoms with Crippen LogP contribution >= 0.6 is 0 Å².